The molecule has 0 amide bonds. The van der Waals surface area contributed by atoms with Crippen molar-refractivity contribution in [3.05, 3.63) is 18.3 Å². The molecule has 1 saturated heterocycles. The normalized spacial score (nSPS) is 21.1. The van der Waals surface area contributed by atoms with Crippen molar-refractivity contribution in [3.8, 4) is 0 Å². The average molecular weight is 337 g/mol. The third-order valence-corrected chi connectivity index (χ3v) is 6.95. The molecule has 5 nitrogen and oxygen atoms in total. The number of rotatable bonds is 7. The third-order valence-electron chi connectivity index (χ3n) is 5.07. The van der Waals surface area contributed by atoms with Crippen LogP contribution in [-0.4, -0.2) is 37.3 Å². The van der Waals surface area contributed by atoms with Gasteiger partial charge in [0.15, 0.2) is 0 Å². The summed E-state index contributed by atoms with van der Waals surface area (Å²) in [5.74, 6) is 0.768. The Morgan fingerprint density at radius 3 is 2.52 bits per heavy atom. The van der Waals surface area contributed by atoms with E-state index in [0.717, 1.165) is 31.6 Å². The van der Waals surface area contributed by atoms with Crippen molar-refractivity contribution in [1.82, 2.24) is 9.29 Å². The zero-order valence-corrected chi connectivity index (χ0v) is 14.7. The maximum atomic E-state index is 12.6. The van der Waals surface area contributed by atoms with E-state index in [9.17, 15) is 8.42 Å². The Kier molecular flexibility index (Phi) is 4.92. The molecule has 2 aliphatic rings. The minimum atomic E-state index is -3.38. The van der Waals surface area contributed by atoms with Crippen LogP contribution in [0.1, 0.15) is 51.9 Å². The van der Waals surface area contributed by atoms with Gasteiger partial charge in [-0.2, -0.15) is 4.31 Å². The van der Waals surface area contributed by atoms with Crippen LogP contribution in [0.25, 0.3) is 0 Å². The molecule has 2 fully saturated rings. The maximum absolute atomic E-state index is 12.6. The summed E-state index contributed by atoms with van der Waals surface area (Å²) in [6.45, 7) is 4.41. The van der Waals surface area contributed by atoms with Crippen molar-refractivity contribution >= 4 is 15.8 Å². The zero-order valence-electron chi connectivity index (χ0n) is 13.9. The van der Waals surface area contributed by atoms with Crippen LogP contribution in [0.15, 0.2) is 23.2 Å². The number of pyridine rings is 1. The lowest BCUT2D eigenvalue weighted by Gasteiger charge is -2.25. The van der Waals surface area contributed by atoms with Gasteiger partial charge in [-0.05, 0) is 49.7 Å². The van der Waals surface area contributed by atoms with Crippen molar-refractivity contribution in [1.29, 1.82) is 0 Å². The predicted octanol–water partition coefficient (Wildman–Crippen LogP) is 3.25. The lowest BCUT2D eigenvalue weighted by Crippen LogP contribution is -2.35. The number of hydrogen-bond acceptors (Lipinski definition) is 4. The molecule has 1 saturated carbocycles. The van der Waals surface area contributed by atoms with Crippen molar-refractivity contribution in [2.45, 2.75) is 56.8 Å². The Hall–Kier alpha value is -1.14. The summed E-state index contributed by atoms with van der Waals surface area (Å²) in [7, 11) is -3.38. The van der Waals surface area contributed by atoms with Crippen LogP contribution in [0.2, 0.25) is 0 Å². The Balaban J connectivity index is 1.62. The van der Waals surface area contributed by atoms with Crippen LogP contribution in [0.4, 0.5) is 5.82 Å². The molecule has 0 atom stereocenters. The second kappa shape index (κ2) is 6.77. The van der Waals surface area contributed by atoms with Gasteiger partial charge in [0.1, 0.15) is 10.7 Å². The van der Waals surface area contributed by atoms with Gasteiger partial charge >= 0.3 is 0 Å². The molecule has 2 heterocycles. The molecule has 1 aliphatic heterocycles. The van der Waals surface area contributed by atoms with Crippen LogP contribution < -0.4 is 5.32 Å². The van der Waals surface area contributed by atoms with Crippen LogP contribution in [0, 0.1) is 5.41 Å². The Labute approximate surface area is 139 Å². The van der Waals surface area contributed by atoms with Gasteiger partial charge in [-0.1, -0.05) is 19.8 Å². The summed E-state index contributed by atoms with van der Waals surface area (Å²) in [5, 5.41) is 3.37. The highest BCUT2D eigenvalue weighted by Gasteiger charge is 2.41. The highest BCUT2D eigenvalue weighted by atomic mass is 32.2. The first-order valence-corrected chi connectivity index (χ1v) is 10.2. The van der Waals surface area contributed by atoms with Crippen LogP contribution in [-0.2, 0) is 10.0 Å². The number of piperidine rings is 1. The third kappa shape index (κ3) is 3.86. The second-order valence-corrected chi connectivity index (χ2v) is 8.89. The number of hydrogen-bond donors (Lipinski definition) is 1. The average Bonchev–Trinajstić information content (AvgIpc) is 3.35. The zero-order chi connectivity index (χ0) is 16.3. The van der Waals surface area contributed by atoms with E-state index in [1.54, 1.807) is 16.4 Å². The number of nitrogens with zero attached hydrogens (tertiary/aromatic N) is 2. The fraction of sp³-hybridized carbons (Fsp3) is 0.706. The van der Waals surface area contributed by atoms with Gasteiger partial charge in [0.05, 0.1) is 0 Å². The minimum absolute atomic E-state index is 0.305. The van der Waals surface area contributed by atoms with E-state index in [2.05, 4.69) is 17.2 Å². The molecular formula is C17H27N3O2S. The quantitative estimate of drug-likeness (QED) is 0.829. The van der Waals surface area contributed by atoms with Crippen molar-refractivity contribution < 1.29 is 8.42 Å². The van der Waals surface area contributed by atoms with Crippen molar-refractivity contribution in [3.63, 3.8) is 0 Å². The van der Waals surface area contributed by atoms with E-state index in [0.29, 0.717) is 23.4 Å². The first-order valence-electron chi connectivity index (χ1n) is 8.76. The minimum Gasteiger partial charge on any atom is -0.370 e. The molecule has 0 bridgehead atoms. The SMILES string of the molecule is CCCC1(CNc2ccc(S(=O)(=O)N3CCCCC3)cn2)CC1. The predicted molar refractivity (Wildman–Crippen MR) is 91.9 cm³/mol. The monoisotopic (exact) mass is 337 g/mol. The highest BCUT2D eigenvalue weighted by Crippen LogP contribution is 2.49. The molecule has 0 unspecified atom stereocenters. The van der Waals surface area contributed by atoms with E-state index in [4.69, 9.17) is 0 Å². The van der Waals surface area contributed by atoms with E-state index in [1.165, 1.54) is 31.9 Å². The first-order chi connectivity index (χ1) is 11.1. The summed E-state index contributed by atoms with van der Waals surface area (Å²) in [6.07, 6.45) is 9.55. The summed E-state index contributed by atoms with van der Waals surface area (Å²) >= 11 is 0. The molecule has 1 aromatic rings. The molecule has 1 aromatic heterocycles. The van der Waals surface area contributed by atoms with E-state index in [1.807, 2.05) is 0 Å². The Morgan fingerprint density at radius 2 is 1.96 bits per heavy atom. The highest BCUT2D eigenvalue weighted by molar-refractivity contribution is 7.89. The topological polar surface area (TPSA) is 62.3 Å². The lowest BCUT2D eigenvalue weighted by atomic mass is 10.0. The van der Waals surface area contributed by atoms with Gasteiger partial charge in [-0.25, -0.2) is 13.4 Å². The number of anilines is 1. The molecule has 1 aliphatic carbocycles. The molecule has 128 valence electrons. The largest absolute Gasteiger partial charge is 0.370 e. The molecule has 0 aromatic carbocycles. The van der Waals surface area contributed by atoms with E-state index in [-0.39, 0.29) is 0 Å². The van der Waals surface area contributed by atoms with Crippen molar-refractivity contribution in [2.24, 2.45) is 5.41 Å². The molecule has 3 rings (SSSR count). The molecule has 0 radical (unpaired) electrons. The molecule has 23 heavy (non-hydrogen) atoms. The molecule has 1 N–H and O–H groups in total. The molecule has 0 spiro atoms. The number of aromatic nitrogens is 1. The summed E-state index contributed by atoms with van der Waals surface area (Å²) in [5.41, 5.74) is 0.453. The Morgan fingerprint density at radius 1 is 1.22 bits per heavy atom. The number of nitrogens with one attached hydrogen (secondary N) is 1. The molecular weight excluding hydrogens is 310 g/mol. The van der Waals surface area contributed by atoms with Gasteiger partial charge in [0.2, 0.25) is 10.0 Å². The summed E-state index contributed by atoms with van der Waals surface area (Å²) in [4.78, 5) is 4.62. The molecule has 6 heteroatoms. The standard InChI is InChI=1S/C17H27N3O2S/c1-2-8-17(9-10-17)14-19-16-7-6-15(13-18-16)23(21,22)20-11-4-3-5-12-20/h6-7,13H,2-5,8-12,14H2,1H3,(H,18,19). The van der Waals surface area contributed by atoms with Gasteiger partial charge < -0.3 is 5.32 Å². The fourth-order valence-corrected chi connectivity index (χ4v) is 4.86. The summed E-state index contributed by atoms with van der Waals surface area (Å²) < 4.78 is 26.7. The maximum Gasteiger partial charge on any atom is 0.244 e. The first kappa shape index (κ1) is 16.7. The van der Waals surface area contributed by atoms with E-state index < -0.39 is 10.0 Å². The lowest BCUT2D eigenvalue weighted by molar-refractivity contribution is 0.346. The van der Waals surface area contributed by atoms with Gasteiger partial charge in [-0.15, -0.1) is 0 Å². The van der Waals surface area contributed by atoms with Crippen LogP contribution in [0.5, 0.6) is 0 Å². The smallest absolute Gasteiger partial charge is 0.244 e. The van der Waals surface area contributed by atoms with Crippen LogP contribution in [0.3, 0.4) is 0 Å². The van der Waals surface area contributed by atoms with Gasteiger partial charge in [-0.3, -0.25) is 0 Å². The summed E-state index contributed by atoms with van der Waals surface area (Å²) in [6, 6.07) is 3.47. The van der Waals surface area contributed by atoms with Gasteiger partial charge in [0, 0.05) is 25.8 Å². The second-order valence-electron chi connectivity index (χ2n) is 6.95. The number of sulfonamides is 1. The van der Waals surface area contributed by atoms with Crippen molar-refractivity contribution in [2.75, 3.05) is 25.0 Å². The Bertz CT molecular complexity index is 618. The van der Waals surface area contributed by atoms with Crippen LogP contribution >= 0.6 is 0 Å². The van der Waals surface area contributed by atoms with E-state index >= 15 is 0 Å². The van der Waals surface area contributed by atoms with Gasteiger partial charge in [0.25, 0.3) is 0 Å². The fourth-order valence-electron chi connectivity index (χ4n) is 3.39.